The second kappa shape index (κ2) is 7.93. The lowest BCUT2D eigenvalue weighted by atomic mass is 10.2. The van der Waals surface area contributed by atoms with E-state index in [2.05, 4.69) is 4.90 Å². The predicted molar refractivity (Wildman–Crippen MR) is 110 cm³/mol. The average molecular weight is 420 g/mol. The molecule has 5 nitrogen and oxygen atoms in total. The number of aryl methyl sites for hydroxylation is 1. The molecule has 1 saturated heterocycles. The third-order valence-corrected chi connectivity index (χ3v) is 6.32. The maximum Gasteiger partial charge on any atom is 0.260 e. The number of piperazine rings is 1. The molecule has 8 heteroatoms. The number of aromatic nitrogens is 1. The quantitative estimate of drug-likeness (QED) is 0.638. The number of rotatable bonds is 4. The lowest BCUT2D eigenvalue weighted by Crippen LogP contribution is -2.50. The first kappa shape index (κ1) is 19.0. The number of carbonyl (C=O) groups excluding carboxylic acids is 1. The summed E-state index contributed by atoms with van der Waals surface area (Å²) in [4.78, 5) is 21.0. The van der Waals surface area contributed by atoms with Crippen LogP contribution in [0.1, 0.15) is 5.56 Å². The number of nitrogens with zero attached hydrogens (tertiary/aromatic N) is 3. The number of fused-ring (bicyclic) bond motifs is 1. The first-order valence-corrected chi connectivity index (χ1v) is 10.2. The second-order valence-electron chi connectivity index (χ2n) is 6.60. The van der Waals surface area contributed by atoms with E-state index in [-0.39, 0.29) is 18.3 Å². The van der Waals surface area contributed by atoms with Gasteiger partial charge in [-0.05, 0) is 36.8 Å². The highest BCUT2D eigenvalue weighted by atomic mass is 35.5. The summed E-state index contributed by atoms with van der Waals surface area (Å²) in [5.74, 6) is -0.515. The fraction of sp³-hybridized carbons (Fsp3) is 0.300. The Labute approximate surface area is 171 Å². The molecule has 0 spiro atoms. The van der Waals surface area contributed by atoms with Crippen molar-refractivity contribution in [1.29, 1.82) is 0 Å². The molecule has 1 fully saturated rings. The van der Waals surface area contributed by atoms with Crippen LogP contribution in [0.3, 0.4) is 0 Å². The molecule has 2 heterocycles. The number of carbonyl (C=O) groups is 1. The highest BCUT2D eigenvalue weighted by molar-refractivity contribution is 7.22. The summed E-state index contributed by atoms with van der Waals surface area (Å²) in [5.41, 5.74) is 1.92. The van der Waals surface area contributed by atoms with Crippen molar-refractivity contribution >= 4 is 44.2 Å². The van der Waals surface area contributed by atoms with Crippen molar-refractivity contribution in [2.24, 2.45) is 0 Å². The van der Waals surface area contributed by atoms with Crippen LogP contribution in [0, 0.1) is 12.7 Å². The van der Waals surface area contributed by atoms with Crippen LogP contribution in [0.5, 0.6) is 5.75 Å². The summed E-state index contributed by atoms with van der Waals surface area (Å²) in [6, 6.07) is 9.97. The van der Waals surface area contributed by atoms with Gasteiger partial charge in [-0.2, -0.15) is 0 Å². The van der Waals surface area contributed by atoms with E-state index in [0.717, 1.165) is 25.9 Å². The van der Waals surface area contributed by atoms with E-state index in [1.165, 1.54) is 12.1 Å². The van der Waals surface area contributed by atoms with Crippen molar-refractivity contribution in [2.75, 3.05) is 37.7 Å². The summed E-state index contributed by atoms with van der Waals surface area (Å²) in [5, 5.41) is 1.66. The van der Waals surface area contributed by atoms with Crippen molar-refractivity contribution in [3.63, 3.8) is 0 Å². The molecular weight excluding hydrogens is 401 g/mol. The molecule has 1 aromatic heterocycles. The first-order valence-electron chi connectivity index (χ1n) is 8.98. The van der Waals surface area contributed by atoms with Crippen LogP contribution >= 0.6 is 22.9 Å². The Bertz CT molecular complexity index is 1020. The van der Waals surface area contributed by atoms with Crippen LogP contribution in [0.25, 0.3) is 10.2 Å². The summed E-state index contributed by atoms with van der Waals surface area (Å²) >= 11 is 7.82. The minimum atomic E-state index is -0.466. The molecule has 0 N–H and O–H groups in total. The minimum absolute atomic E-state index is 0.0954. The number of halogens is 2. The number of amides is 1. The normalized spacial score (nSPS) is 14.5. The number of hydrogen-bond donors (Lipinski definition) is 0. The summed E-state index contributed by atoms with van der Waals surface area (Å²) in [6.45, 7) is 4.35. The molecule has 28 heavy (non-hydrogen) atoms. The Kier molecular flexibility index (Phi) is 5.37. The van der Waals surface area contributed by atoms with E-state index in [4.69, 9.17) is 21.3 Å². The van der Waals surface area contributed by atoms with Gasteiger partial charge in [0.1, 0.15) is 0 Å². The lowest BCUT2D eigenvalue weighted by molar-refractivity contribution is -0.133. The first-order chi connectivity index (χ1) is 13.5. The van der Waals surface area contributed by atoms with Gasteiger partial charge < -0.3 is 14.5 Å². The molecular formula is C20H19ClFN3O2S. The fourth-order valence-electron chi connectivity index (χ4n) is 3.16. The van der Waals surface area contributed by atoms with Crippen molar-refractivity contribution in [3.05, 3.63) is 52.8 Å². The predicted octanol–water partition coefficient (Wildman–Crippen LogP) is 4.12. The number of ether oxygens (including phenoxy) is 1. The van der Waals surface area contributed by atoms with Gasteiger partial charge in [0.2, 0.25) is 0 Å². The zero-order chi connectivity index (χ0) is 19.7. The average Bonchev–Trinajstić information content (AvgIpc) is 3.15. The van der Waals surface area contributed by atoms with E-state index in [1.807, 2.05) is 19.1 Å². The standard InChI is InChI=1S/C20H19ClFN3O2S/c1-13-14(21)6-7-17-19(13)23-20(28-17)25-10-8-24(9-11-25)18(26)12-27-16-5-3-2-4-15(16)22/h2-7H,8-12H2,1H3. The van der Waals surface area contributed by atoms with Gasteiger partial charge >= 0.3 is 0 Å². The van der Waals surface area contributed by atoms with E-state index in [1.54, 1.807) is 28.4 Å². The van der Waals surface area contributed by atoms with Gasteiger partial charge in [0.25, 0.3) is 5.91 Å². The minimum Gasteiger partial charge on any atom is -0.481 e. The van der Waals surface area contributed by atoms with E-state index < -0.39 is 5.82 Å². The second-order valence-corrected chi connectivity index (χ2v) is 8.02. The number of benzene rings is 2. The third-order valence-electron chi connectivity index (χ3n) is 4.83. The van der Waals surface area contributed by atoms with E-state index in [0.29, 0.717) is 26.2 Å². The van der Waals surface area contributed by atoms with Crippen LogP contribution in [-0.4, -0.2) is 48.6 Å². The van der Waals surface area contributed by atoms with Crippen LogP contribution in [-0.2, 0) is 4.79 Å². The zero-order valence-corrected chi connectivity index (χ0v) is 16.9. The van der Waals surface area contributed by atoms with Crippen LogP contribution in [0.2, 0.25) is 5.02 Å². The van der Waals surface area contributed by atoms with Crippen LogP contribution < -0.4 is 9.64 Å². The lowest BCUT2D eigenvalue weighted by Gasteiger charge is -2.34. The molecule has 1 amide bonds. The third kappa shape index (κ3) is 3.77. The summed E-state index contributed by atoms with van der Waals surface area (Å²) in [7, 11) is 0. The van der Waals surface area contributed by atoms with Gasteiger partial charge in [0, 0.05) is 31.2 Å². The van der Waals surface area contributed by atoms with E-state index in [9.17, 15) is 9.18 Å². The number of anilines is 1. The van der Waals surface area contributed by atoms with Gasteiger partial charge in [-0.3, -0.25) is 4.79 Å². The van der Waals surface area contributed by atoms with Crippen molar-refractivity contribution in [2.45, 2.75) is 6.92 Å². The van der Waals surface area contributed by atoms with Crippen LogP contribution in [0.15, 0.2) is 36.4 Å². The highest BCUT2D eigenvalue weighted by Gasteiger charge is 2.24. The Hall–Kier alpha value is -2.38. The number of hydrogen-bond acceptors (Lipinski definition) is 5. The Balaban J connectivity index is 1.36. The maximum atomic E-state index is 13.6. The molecule has 1 aliphatic rings. The Morgan fingerprint density at radius 3 is 2.71 bits per heavy atom. The maximum absolute atomic E-state index is 13.6. The molecule has 1 aliphatic heterocycles. The Morgan fingerprint density at radius 1 is 1.21 bits per heavy atom. The molecule has 146 valence electrons. The molecule has 4 rings (SSSR count). The molecule has 0 bridgehead atoms. The molecule has 0 atom stereocenters. The molecule has 0 unspecified atom stereocenters. The molecule has 0 radical (unpaired) electrons. The molecule has 2 aromatic carbocycles. The fourth-order valence-corrected chi connectivity index (χ4v) is 4.39. The van der Waals surface area contributed by atoms with E-state index >= 15 is 0 Å². The van der Waals surface area contributed by atoms with Crippen molar-refractivity contribution < 1.29 is 13.9 Å². The van der Waals surface area contributed by atoms with Gasteiger partial charge in [0.05, 0.1) is 10.2 Å². The Morgan fingerprint density at radius 2 is 1.96 bits per heavy atom. The van der Waals surface area contributed by atoms with Crippen molar-refractivity contribution in [1.82, 2.24) is 9.88 Å². The van der Waals surface area contributed by atoms with Gasteiger partial charge in [-0.25, -0.2) is 9.37 Å². The number of thiazole rings is 1. The van der Waals surface area contributed by atoms with Gasteiger partial charge in [-0.1, -0.05) is 35.1 Å². The topological polar surface area (TPSA) is 45.7 Å². The zero-order valence-electron chi connectivity index (χ0n) is 15.3. The SMILES string of the molecule is Cc1c(Cl)ccc2sc(N3CCN(C(=O)COc4ccccc4F)CC3)nc12. The monoisotopic (exact) mass is 419 g/mol. The van der Waals surface area contributed by atoms with Crippen molar-refractivity contribution in [3.8, 4) is 5.75 Å². The largest absolute Gasteiger partial charge is 0.481 e. The van der Waals surface area contributed by atoms with Gasteiger partial charge in [0.15, 0.2) is 23.3 Å². The van der Waals surface area contributed by atoms with Gasteiger partial charge in [-0.15, -0.1) is 0 Å². The molecule has 0 aliphatic carbocycles. The number of para-hydroxylation sites is 1. The summed E-state index contributed by atoms with van der Waals surface area (Å²) in [6.07, 6.45) is 0. The van der Waals surface area contributed by atoms with Crippen LogP contribution in [0.4, 0.5) is 9.52 Å². The smallest absolute Gasteiger partial charge is 0.260 e. The molecule has 3 aromatic rings. The molecule has 0 saturated carbocycles. The highest BCUT2D eigenvalue weighted by Crippen LogP contribution is 2.33. The summed E-state index contributed by atoms with van der Waals surface area (Å²) < 4.78 is 20.0.